The van der Waals surface area contributed by atoms with Gasteiger partial charge < -0.3 is 19.8 Å². The molecule has 1 aliphatic heterocycles. The Bertz CT molecular complexity index is 782. The number of aryl methyl sites for hydroxylation is 3. The lowest BCUT2D eigenvalue weighted by molar-refractivity contribution is -0.150. The van der Waals surface area contributed by atoms with Crippen LogP contribution in [0.5, 0.6) is 0 Å². The quantitative estimate of drug-likeness (QED) is 0.877. The number of amides is 2. The van der Waals surface area contributed by atoms with Gasteiger partial charge in [0.15, 0.2) is 11.3 Å². The molecule has 0 saturated carbocycles. The van der Waals surface area contributed by atoms with Crippen molar-refractivity contribution in [2.45, 2.75) is 39.2 Å². The first-order chi connectivity index (χ1) is 11.8. The maximum atomic E-state index is 12.5. The second kappa shape index (κ2) is 6.23. The first kappa shape index (κ1) is 17.0. The predicted octanol–water partition coefficient (Wildman–Crippen LogP) is 1.90. The molecule has 134 valence electrons. The molecular weight excluding hydrogens is 326 g/mol. The van der Waals surface area contributed by atoms with Gasteiger partial charge in [-0.25, -0.2) is 9.59 Å². The average molecular weight is 347 g/mol. The number of rotatable bonds is 3. The van der Waals surface area contributed by atoms with Gasteiger partial charge in [-0.2, -0.15) is 5.10 Å². The van der Waals surface area contributed by atoms with Crippen molar-refractivity contribution in [3.8, 4) is 0 Å². The molecule has 1 aliphatic rings. The van der Waals surface area contributed by atoms with E-state index in [1.165, 1.54) is 4.68 Å². The lowest BCUT2D eigenvalue weighted by Gasteiger charge is -2.38. The number of urea groups is 1. The van der Waals surface area contributed by atoms with Crippen LogP contribution in [0.4, 0.5) is 10.5 Å². The van der Waals surface area contributed by atoms with Gasteiger partial charge in [0, 0.05) is 32.1 Å². The molecule has 3 rings (SSSR count). The molecule has 2 amide bonds. The van der Waals surface area contributed by atoms with Crippen LogP contribution in [0, 0.1) is 20.8 Å². The predicted molar refractivity (Wildman–Crippen MR) is 88.4 cm³/mol. The highest BCUT2D eigenvalue weighted by atomic mass is 16.5. The Hall–Kier alpha value is -2.84. The summed E-state index contributed by atoms with van der Waals surface area (Å²) in [5.41, 5.74) is 0.949. The fourth-order valence-electron chi connectivity index (χ4n) is 3.12. The van der Waals surface area contributed by atoms with E-state index in [1.54, 1.807) is 31.1 Å². The van der Waals surface area contributed by atoms with E-state index >= 15 is 0 Å². The van der Waals surface area contributed by atoms with Crippen molar-refractivity contribution in [1.29, 1.82) is 0 Å². The smallest absolute Gasteiger partial charge is 0.331 e. The zero-order valence-electron chi connectivity index (χ0n) is 14.4. The van der Waals surface area contributed by atoms with Crippen LogP contribution in [-0.4, -0.2) is 50.0 Å². The molecule has 9 heteroatoms. The second-order valence-electron chi connectivity index (χ2n) is 6.42. The number of nitrogens with zero attached hydrogens (tertiary/aromatic N) is 4. The number of hydrogen-bond donors (Lipinski definition) is 2. The highest BCUT2D eigenvalue weighted by Crippen LogP contribution is 2.31. The number of aromatic nitrogens is 3. The van der Waals surface area contributed by atoms with Gasteiger partial charge in [0.2, 0.25) is 0 Å². The van der Waals surface area contributed by atoms with Crippen molar-refractivity contribution in [2.24, 2.45) is 0 Å². The molecule has 0 unspecified atom stereocenters. The summed E-state index contributed by atoms with van der Waals surface area (Å²) in [6.45, 7) is 5.98. The maximum absolute atomic E-state index is 12.5. The highest BCUT2D eigenvalue weighted by Gasteiger charge is 2.45. The van der Waals surface area contributed by atoms with E-state index in [2.05, 4.69) is 15.6 Å². The fourth-order valence-corrected chi connectivity index (χ4v) is 3.12. The van der Waals surface area contributed by atoms with Gasteiger partial charge in [0.1, 0.15) is 11.4 Å². The maximum Gasteiger partial charge on any atom is 0.331 e. The summed E-state index contributed by atoms with van der Waals surface area (Å²) < 4.78 is 6.54. The van der Waals surface area contributed by atoms with E-state index in [-0.39, 0.29) is 6.03 Å². The van der Waals surface area contributed by atoms with E-state index in [1.807, 2.05) is 6.92 Å². The third-order valence-electron chi connectivity index (χ3n) is 4.69. The summed E-state index contributed by atoms with van der Waals surface area (Å²) in [6, 6.07) is -0.287. The molecule has 0 aromatic carbocycles. The molecule has 0 atom stereocenters. The van der Waals surface area contributed by atoms with Gasteiger partial charge in [-0.3, -0.25) is 4.68 Å². The lowest BCUT2D eigenvalue weighted by Crippen LogP contribution is -2.53. The molecule has 0 spiro atoms. The van der Waals surface area contributed by atoms with Crippen LogP contribution in [0.2, 0.25) is 0 Å². The van der Waals surface area contributed by atoms with Crippen molar-refractivity contribution in [2.75, 3.05) is 18.4 Å². The van der Waals surface area contributed by atoms with Crippen LogP contribution in [0.15, 0.2) is 16.9 Å². The average Bonchev–Trinajstić information content (AvgIpc) is 3.15. The summed E-state index contributed by atoms with van der Waals surface area (Å²) in [5.74, 6) is -0.392. The van der Waals surface area contributed by atoms with Crippen LogP contribution in [-0.2, 0) is 10.3 Å². The third kappa shape index (κ3) is 2.97. The van der Waals surface area contributed by atoms with E-state index in [9.17, 15) is 14.7 Å². The third-order valence-corrected chi connectivity index (χ3v) is 4.69. The Morgan fingerprint density at radius 3 is 2.44 bits per heavy atom. The van der Waals surface area contributed by atoms with Crippen LogP contribution in [0.3, 0.4) is 0 Å². The van der Waals surface area contributed by atoms with Crippen molar-refractivity contribution >= 4 is 17.7 Å². The van der Waals surface area contributed by atoms with Gasteiger partial charge in [0.05, 0.1) is 6.20 Å². The normalized spacial score (nSPS) is 16.7. The minimum atomic E-state index is -1.12. The van der Waals surface area contributed by atoms with E-state index in [0.717, 1.165) is 5.56 Å². The van der Waals surface area contributed by atoms with Crippen LogP contribution < -0.4 is 5.32 Å². The second-order valence-corrected chi connectivity index (χ2v) is 6.42. The monoisotopic (exact) mass is 347 g/mol. The summed E-state index contributed by atoms with van der Waals surface area (Å²) in [4.78, 5) is 26.0. The Balaban J connectivity index is 1.72. The molecule has 2 aromatic heterocycles. The number of likely N-dealkylation sites (tertiary alicyclic amines) is 1. The molecule has 0 radical (unpaired) electrons. The Morgan fingerprint density at radius 2 is 1.96 bits per heavy atom. The summed E-state index contributed by atoms with van der Waals surface area (Å²) in [6.07, 6.45) is 3.95. The van der Waals surface area contributed by atoms with Gasteiger partial charge in [0.25, 0.3) is 0 Å². The number of piperidine rings is 1. The standard InChI is InChI=1S/C16H21N5O4/c1-10-8-17-21(9-10)16(14(22)23)4-6-20(7-5-16)15(24)18-13-11(2)19-25-12(13)3/h8-9H,4-7H2,1-3H3,(H,18,24)(H,22,23). The van der Waals surface area contributed by atoms with Gasteiger partial charge in [-0.05, 0) is 26.3 Å². The molecule has 0 aliphatic carbocycles. The molecule has 1 fully saturated rings. The molecule has 3 heterocycles. The topological polar surface area (TPSA) is 113 Å². The summed E-state index contributed by atoms with van der Waals surface area (Å²) in [7, 11) is 0. The SMILES string of the molecule is Cc1cnn(C2(C(=O)O)CCN(C(=O)Nc3c(C)noc3C)CC2)c1. The van der Waals surface area contributed by atoms with Crippen molar-refractivity contribution in [3.63, 3.8) is 0 Å². The van der Waals surface area contributed by atoms with Crippen LogP contribution >= 0.6 is 0 Å². The Labute approximate surface area is 144 Å². The van der Waals surface area contributed by atoms with Gasteiger partial charge in [-0.1, -0.05) is 5.16 Å². The first-order valence-electron chi connectivity index (χ1n) is 8.07. The van der Waals surface area contributed by atoms with Crippen molar-refractivity contribution in [1.82, 2.24) is 19.8 Å². The van der Waals surface area contributed by atoms with Crippen molar-refractivity contribution < 1.29 is 19.2 Å². The number of carboxylic acid groups (broad SMARTS) is 1. The van der Waals surface area contributed by atoms with E-state index in [4.69, 9.17) is 4.52 Å². The molecule has 2 aromatic rings. The zero-order chi connectivity index (χ0) is 18.2. The van der Waals surface area contributed by atoms with E-state index in [0.29, 0.717) is 43.1 Å². The van der Waals surface area contributed by atoms with Gasteiger partial charge in [-0.15, -0.1) is 0 Å². The number of aliphatic carboxylic acids is 1. The largest absolute Gasteiger partial charge is 0.479 e. The molecule has 1 saturated heterocycles. The number of carboxylic acids is 1. The highest BCUT2D eigenvalue weighted by molar-refractivity contribution is 5.90. The number of carbonyl (C=O) groups excluding carboxylic acids is 1. The minimum Gasteiger partial charge on any atom is -0.479 e. The molecule has 9 nitrogen and oxygen atoms in total. The fraction of sp³-hybridized carbons (Fsp3) is 0.500. The summed E-state index contributed by atoms with van der Waals surface area (Å²) >= 11 is 0. The molecule has 25 heavy (non-hydrogen) atoms. The molecule has 2 N–H and O–H groups in total. The van der Waals surface area contributed by atoms with Crippen LogP contribution in [0.25, 0.3) is 0 Å². The molecular formula is C16H21N5O4. The zero-order valence-corrected chi connectivity index (χ0v) is 14.4. The van der Waals surface area contributed by atoms with Crippen molar-refractivity contribution in [3.05, 3.63) is 29.4 Å². The Kier molecular flexibility index (Phi) is 4.23. The van der Waals surface area contributed by atoms with E-state index < -0.39 is 11.5 Å². The lowest BCUT2D eigenvalue weighted by atomic mass is 9.87. The number of anilines is 1. The van der Waals surface area contributed by atoms with Crippen LogP contribution in [0.1, 0.15) is 29.9 Å². The Morgan fingerprint density at radius 1 is 1.28 bits per heavy atom. The minimum absolute atomic E-state index is 0.287. The molecule has 0 bridgehead atoms. The number of carbonyl (C=O) groups is 2. The van der Waals surface area contributed by atoms with Gasteiger partial charge >= 0.3 is 12.0 Å². The first-order valence-corrected chi connectivity index (χ1v) is 8.07. The number of hydrogen-bond acceptors (Lipinski definition) is 5. The summed E-state index contributed by atoms with van der Waals surface area (Å²) in [5, 5.41) is 20.5. The number of nitrogens with one attached hydrogen (secondary N) is 1.